The Morgan fingerprint density at radius 2 is 1.96 bits per heavy atom. The highest BCUT2D eigenvalue weighted by Gasteiger charge is 2.07. The lowest BCUT2D eigenvalue weighted by Gasteiger charge is -2.14. The molecule has 0 saturated heterocycles. The molecule has 132 valence electrons. The average Bonchev–Trinajstić information content (AvgIpc) is 2.60. The third-order valence-corrected chi connectivity index (χ3v) is 3.19. The predicted octanol–water partition coefficient (Wildman–Crippen LogP) is 1.01. The third kappa shape index (κ3) is 6.20. The van der Waals surface area contributed by atoms with Gasteiger partial charge in [0.2, 0.25) is 5.91 Å². The Balaban J connectivity index is 2.78. The van der Waals surface area contributed by atoms with Gasteiger partial charge in [0.1, 0.15) is 0 Å². The van der Waals surface area contributed by atoms with E-state index in [2.05, 4.69) is 22.2 Å². The van der Waals surface area contributed by atoms with Gasteiger partial charge in [0.15, 0.2) is 17.5 Å². The molecule has 1 aromatic carbocycles. The van der Waals surface area contributed by atoms with Gasteiger partial charge in [-0.05, 0) is 17.7 Å². The van der Waals surface area contributed by atoms with E-state index >= 15 is 0 Å². The van der Waals surface area contributed by atoms with Crippen LogP contribution in [0.5, 0.6) is 11.5 Å². The van der Waals surface area contributed by atoms with E-state index in [1.165, 1.54) is 4.90 Å². The number of rotatable bonds is 8. The van der Waals surface area contributed by atoms with Crippen molar-refractivity contribution >= 4 is 11.9 Å². The van der Waals surface area contributed by atoms with E-state index in [0.717, 1.165) is 5.56 Å². The summed E-state index contributed by atoms with van der Waals surface area (Å²) in [6, 6.07) is 5.63. The van der Waals surface area contributed by atoms with Gasteiger partial charge in [0, 0.05) is 20.6 Å². The molecule has 0 aliphatic rings. The van der Waals surface area contributed by atoms with Gasteiger partial charge in [-0.3, -0.25) is 4.79 Å². The smallest absolute Gasteiger partial charge is 0.241 e. The van der Waals surface area contributed by atoms with Crippen molar-refractivity contribution in [3.8, 4) is 11.5 Å². The molecule has 1 aromatic rings. The largest absolute Gasteiger partial charge is 0.493 e. The Hall–Kier alpha value is -2.70. The maximum Gasteiger partial charge on any atom is 0.241 e. The standard InChI is InChI=1S/C17H26N4O3/c1-6-9-18-17(20-12-16(22)21(2)3)19-11-13-7-8-14(23-4)15(10-13)24-5/h6-8,10H,1,9,11-12H2,2-5H3,(H2,18,19,20). The molecule has 0 fully saturated rings. The minimum Gasteiger partial charge on any atom is -0.493 e. The van der Waals surface area contributed by atoms with Crippen molar-refractivity contribution in [3.63, 3.8) is 0 Å². The molecule has 0 saturated carbocycles. The second kappa shape index (κ2) is 10.1. The van der Waals surface area contributed by atoms with Gasteiger partial charge in [0.05, 0.1) is 27.3 Å². The number of carbonyl (C=O) groups is 1. The minimum absolute atomic E-state index is 0.0331. The number of benzene rings is 1. The summed E-state index contributed by atoms with van der Waals surface area (Å²) < 4.78 is 10.5. The van der Waals surface area contributed by atoms with Crippen LogP contribution in [0.15, 0.2) is 35.8 Å². The molecular weight excluding hydrogens is 308 g/mol. The molecule has 0 heterocycles. The van der Waals surface area contributed by atoms with Gasteiger partial charge >= 0.3 is 0 Å². The molecule has 2 N–H and O–H groups in total. The number of carbonyl (C=O) groups excluding carboxylic acids is 1. The Morgan fingerprint density at radius 3 is 2.54 bits per heavy atom. The van der Waals surface area contributed by atoms with Crippen LogP contribution in [-0.4, -0.2) is 58.2 Å². The molecule has 0 radical (unpaired) electrons. The minimum atomic E-state index is -0.0331. The monoisotopic (exact) mass is 334 g/mol. The molecule has 0 aliphatic heterocycles. The second-order valence-corrected chi connectivity index (χ2v) is 5.17. The molecule has 0 unspecified atom stereocenters. The van der Waals surface area contributed by atoms with Crippen molar-refractivity contribution in [2.24, 2.45) is 4.99 Å². The molecule has 7 nitrogen and oxygen atoms in total. The normalized spacial score (nSPS) is 10.8. The zero-order valence-corrected chi connectivity index (χ0v) is 14.8. The summed E-state index contributed by atoms with van der Waals surface area (Å²) in [6.07, 6.45) is 1.72. The summed E-state index contributed by atoms with van der Waals surface area (Å²) in [5.74, 6) is 1.83. The van der Waals surface area contributed by atoms with Crippen molar-refractivity contribution in [2.45, 2.75) is 6.54 Å². The fourth-order valence-electron chi connectivity index (χ4n) is 1.81. The maximum absolute atomic E-state index is 11.7. The number of ether oxygens (including phenoxy) is 2. The molecule has 1 rings (SSSR count). The quantitative estimate of drug-likeness (QED) is 0.422. The van der Waals surface area contributed by atoms with Crippen LogP contribution >= 0.6 is 0 Å². The van der Waals surface area contributed by atoms with Crippen molar-refractivity contribution in [2.75, 3.05) is 41.4 Å². The number of hydrogen-bond donors (Lipinski definition) is 2. The first-order valence-corrected chi connectivity index (χ1v) is 7.56. The number of amides is 1. The van der Waals surface area contributed by atoms with Gasteiger partial charge in [-0.25, -0.2) is 4.99 Å². The third-order valence-electron chi connectivity index (χ3n) is 3.19. The Kier molecular flexibility index (Phi) is 8.18. The van der Waals surface area contributed by atoms with Gasteiger partial charge in [-0.2, -0.15) is 0 Å². The van der Waals surface area contributed by atoms with Crippen LogP contribution in [0.25, 0.3) is 0 Å². The lowest BCUT2D eigenvalue weighted by Crippen LogP contribution is -2.43. The van der Waals surface area contributed by atoms with Crippen LogP contribution in [0.3, 0.4) is 0 Å². The predicted molar refractivity (Wildman–Crippen MR) is 95.6 cm³/mol. The molecule has 0 spiro atoms. The Morgan fingerprint density at radius 1 is 1.25 bits per heavy atom. The van der Waals surface area contributed by atoms with Crippen LogP contribution in [0.1, 0.15) is 5.56 Å². The number of methoxy groups -OCH3 is 2. The SMILES string of the molecule is C=CCNC(=NCc1ccc(OC)c(OC)c1)NCC(=O)N(C)C. The molecule has 0 aliphatic carbocycles. The first-order chi connectivity index (χ1) is 11.5. The highest BCUT2D eigenvalue weighted by molar-refractivity contribution is 5.86. The summed E-state index contributed by atoms with van der Waals surface area (Å²) in [6.45, 7) is 4.82. The average molecular weight is 334 g/mol. The van der Waals surface area contributed by atoms with Gasteiger partial charge in [-0.15, -0.1) is 6.58 Å². The molecule has 0 atom stereocenters. The van der Waals surface area contributed by atoms with Crippen molar-refractivity contribution in [3.05, 3.63) is 36.4 Å². The van der Waals surface area contributed by atoms with E-state index < -0.39 is 0 Å². The van der Waals surface area contributed by atoms with Crippen molar-refractivity contribution in [1.29, 1.82) is 0 Å². The summed E-state index contributed by atoms with van der Waals surface area (Å²) in [7, 11) is 6.61. The van der Waals surface area contributed by atoms with Gasteiger partial charge in [-0.1, -0.05) is 12.1 Å². The lowest BCUT2D eigenvalue weighted by molar-refractivity contribution is -0.127. The number of nitrogens with one attached hydrogen (secondary N) is 2. The molecule has 24 heavy (non-hydrogen) atoms. The number of likely N-dealkylation sites (N-methyl/N-ethyl adjacent to an activating group) is 1. The van der Waals surface area contributed by atoms with E-state index in [1.54, 1.807) is 34.4 Å². The van der Waals surface area contributed by atoms with E-state index in [-0.39, 0.29) is 12.5 Å². The fourth-order valence-corrected chi connectivity index (χ4v) is 1.81. The van der Waals surface area contributed by atoms with Crippen LogP contribution in [0.4, 0.5) is 0 Å². The summed E-state index contributed by atoms with van der Waals surface area (Å²) in [5, 5.41) is 6.08. The summed E-state index contributed by atoms with van der Waals surface area (Å²) in [4.78, 5) is 17.7. The molecule has 7 heteroatoms. The first-order valence-electron chi connectivity index (χ1n) is 7.56. The first kappa shape index (κ1) is 19.3. The van der Waals surface area contributed by atoms with E-state index in [9.17, 15) is 4.79 Å². The topological polar surface area (TPSA) is 75.2 Å². The second-order valence-electron chi connectivity index (χ2n) is 5.17. The zero-order chi connectivity index (χ0) is 17.9. The van der Waals surface area contributed by atoms with Crippen LogP contribution in [0.2, 0.25) is 0 Å². The van der Waals surface area contributed by atoms with E-state index in [1.807, 2.05) is 18.2 Å². The molecule has 1 amide bonds. The van der Waals surface area contributed by atoms with Gasteiger partial charge < -0.3 is 25.0 Å². The van der Waals surface area contributed by atoms with Gasteiger partial charge in [0.25, 0.3) is 0 Å². The molecule has 0 bridgehead atoms. The highest BCUT2D eigenvalue weighted by Crippen LogP contribution is 2.27. The number of aliphatic imine (C=N–C) groups is 1. The summed E-state index contributed by atoms with van der Waals surface area (Å²) >= 11 is 0. The fraction of sp³-hybridized carbons (Fsp3) is 0.412. The van der Waals surface area contributed by atoms with Crippen LogP contribution in [-0.2, 0) is 11.3 Å². The van der Waals surface area contributed by atoms with Crippen LogP contribution < -0.4 is 20.1 Å². The maximum atomic E-state index is 11.7. The Labute approximate surface area is 143 Å². The lowest BCUT2D eigenvalue weighted by atomic mass is 10.2. The number of nitrogens with zero attached hydrogens (tertiary/aromatic N) is 2. The Bertz CT molecular complexity index is 585. The molecular formula is C17H26N4O3. The number of guanidine groups is 1. The highest BCUT2D eigenvalue weighted by atomic mass is 16.5. The van der Waals surface area contributed by atoms with Crippen molar-refractivity contribution in [1.82, 2.24) is 15.5 Å². The van der Waals surface area contributed by atoms with E-state index in [0.29, 0.717) is 30.5 Å². The van der Waals surface area contributed by atoms with Crippen LogP contribution in [0, 0.1) is 0 Å². The van der Waals surface area contributed by atoms with Crippen molar-refractivity contribution < 1.29 is 14.3 Å². The zero-order valence-electron chi connectivity index (χ0n) is 14.8. The number of hydrogen-bond acceptors (Lipinski definition) is 4. The summed E-state index contributed by atoms with van der Waals surface area (Å²) in [5.41, 5.74) is 0.964. The molecule has 0 aromatic heterocycles. The van der Waals surface area contributed by atoms with E-state index in [4.69, 9.17) is 9.47 Å².